The first kappa shape index (κ1) is 18.0. The van der Waals surface area contributed by atoms with Crippen LogP contribution >= 0.6 is 0 Å². The minimum Gasteiger partial charge on any atom is -0.481 e. The van der Waals surface area contributed by atoms with Crippen molar-refractivity contribution in [2.45, 2.75) is 24.9 Å². The van der Waals surface area contributed by atoms with E-state index < -0.39 is 36.4 Å². The third-order valence-electron chi connectivity index (χ3n) is 2.95. The maximum Gasteiger partial charge on any atom is 0.328 e. The van der Waals surface area contributed by atoms with Crippen LogP contribution in [0.25, 0.3) is 10.4 Å². The molecule has 1 aromatic carbocycles. The molecule has 0 saturated heterocycles. The lowest BCUT2D eigenvalue weighted by Crippen LogP contribution is -2.47. The number of hydrogen-bond donors (Lipinski definition) is 2. The predicted octanol–water partition coefficient (Wildman–Crippen LogP) is 1.04. The SMILES string of the molecule is COC(=O)[C@H](Cc1ccccc1)NC(=O)[C@H](CC(=O)O)N=[N+]=[N-]. The summed E-state index contributed by atoms with van der Waals surface area (Å²) in [6.45, 7) is 0. The molecule has 9 nitrogen and oxygen atoms in total. The maximum atomic E-state index is 12.0. The van der Waals surface area contributed by atoms with Gasteiger partial charge in [-0.2, -0.15) is 0 Å². The summed E-state index contributed by atoms with van der Waals surface area (Å²) >= 11 is 0. The van der Waals surface area contributed by atoms with Crippen molar-refractivity contribution in [3.05, 3.63) is 46.3 Å². The summed E-state index contributed by atoms with van der Waals surface area (Å²) in [6, 6.07) is 6.44. The Labute approximate surface area is 131 Å². The van der Waals surface area contributed by atoms with Crippen molar-refractivity contribution in [3.8, 4) is 0 Å². The summed E-state index contributed by atoms with van der Waals surface area (Å²) in [4.78, 5) is 37.0. The molecule has 9 heteroatoms. The number of carbonyl (C=O) groups is 3. The lowest BCUT2D eigenvalue weighted by Gasteiger charge is -2.18. The molecule has 1 rings (SSSR count). The second-order valence-electron chi connectivity index (χ2n) is 4.59. The van der Waals surface area contributed by atoms with Crippen LogP contribution in [0.2, 0.25) is 0 Å². The Hall–Kier alpha value is -3.06. The van der Waals surface area contributed by atoms with Gasteiger partial charge < -0.3 is 15.2 Å². The van der Waals surface area contributed by atoms with Crippen LogP contribution in [0.1, 0.15) is 12.0 Å². The first-order chi connectivity index (χ1) is 11.0. The Morgan fingerprint density at radius 2 is 2.00 bits per heavy atom. The molecule has 23 heavy (non-hydrogen) atoms. The summed E-state index contributed by atoms with van der Waals surface area (Å²) in [5.74, 6) is -2.83. The third-order valence-corrected chi connectivity index (χ3v) is 2.95. The van der Waals surface area contributed by atoms with Crippen LogP contribution in [0.15, 0.2) is 35.4 Å². The van der Waals surface area contributed by atoms with E-state index in [1.165, 1.54) is 7.11 Å². The molecule has 122 valence electrons. The van der Waals surface area contributed by atoms with Gasteiger partial charge in [0.25, 0.3) is 0 Å². The van der Waals surface area contributed by atoms with Crippen molar-refractivity contribution in [3.63, 3.8) is 0 Å². The highest BCUT2D eigenvalue weighted by Gasteiger charge is 2.27. The van der Waals surface area contributed by atoms with Crippen LogP contribution in [0.3, 0.4) is 0 Å². The zero-order valence-corrected chi connectivity index (χ0v) is 12.4. The van der Waals surface area contributed by atoms with Crippen LogP contribution in [-0.2, 0) is 25.5 Å². The van der Waals surface area contributed by atoms with Gasteiger partial charge in [-0.05, 0) is 11.1 Å². The second-order valence-corrected chi connectivity index (χ2v) is 4.59. The minimum absolute atomic E-state index is 0.162. The number of methoxy groups -OCH3 is 1. The minimum atomic E-state index is -1.44. The van der Waals surface area contributed by atoms with Crippen LogP contribution in [0.5, 0.6) is 0 Å². The molecular formula is C14H16N4O5. The van der Waals surface area contributed by atoms with E-state index in [1.54, 1.807) is 30.3 Å². The monoisotopic (exact) mass is 320 g/mol. The number of esters is 1. The van der Waals surface area contributed by atoms with E-state index in [1.807, 2.05) is 0 Å². The molecule has 1 amide bonds. The van der Waals surface area contributed by atoms with Gasteiger partial charge in [0.15, 0.2) is 0 Å². The normalized spacial score (nSPS) is 12.4. The zero-order chi connectivity index (χ0) is 17.2. The molecule has 0 saturated carbocycles. The summed E-state index contributed by atoms with van der Waals surface area (Å²) < 4.78 is 4.63. The van der Waals surface area contributed by atoms with E-state index in [0.717, 1.165) is 5.56 Å². The van der Waals surface area contributed by atoms with Gasteiger partial charge in [-0.25, -0.2) is 4.79 Å². The molecule has 0 bridgehead atoms. The zero-order valence-electron chi connectivity index (χ0n) is 12.4. The lowest BCUT2D eigenvalue weighted by atomic mass is 10.1. The summed E-state index contributed by atoms with van der Waals surface area (Å²) in [5, 5.41) is 14.2. The average Bonchev–Trinajstić information content (AvgIpc) is 2.53. The molecule has 0 aliphatic rings. The molecule has 2 atom stereocenters. The van der Waals surface area contributed by atoms with E-state index in [2.05, 4.69) is 20.1 Å². The number of nitrogens with zero attached hydrogens (tertiary/aromatic N) is 3. The van der Waals surface area contributed by atoms with Crippen molar-refractivity contribution >= 4 is 17.8 Å². The highest BCUT2D eigenvalue weighted by Crippen LogP contribution is 2.07. The first-order valence-corrected chi connectivity index (χ1v) is 6.66. The van der Waals surface area contributed by atoms with Crippen LogP contribution in [-0.4, -0.2) is 42.1 Å². The Morgan fingerprint density at radius 1 is 1.35 bits per heavy atom. The number of benzene rings is 1. The summed E-state index contributed by atoms with van der Waals surface area (Å²) in [5.41, 5.74) is 9.20. The Kier molecular flexibility index (Phi) is 7.09. The number of nitrogens with one attached hydrogen (secondary N) is 1. The van der Waals surface area contributed by atoms with Gasteiger partial charge in [0, 0.05) is 11.3 Å². The van der Waals surface area contributed by atoms with Crippen LogP contribution in [0.4, 0.5) is 0 Å². The average molecular weight is 320 g/mol. The molecule has 2 N–H and O–H groups in total. The number of ether oxygens (including phenoxy) is 1. The van der Waals surface area contributed by atoms with E-state index >= 15 is 0 Å². The highest BCUT2D eigenvalue weighted by atomic mass is 16.5. The fourth-order valence-electron chi connectivity index (χ4n) is 1.87. The highest BCUT2D eigenvalue weighted by molar-refractivity contribution is 5.90. The molecule has 0 aliphatic heterocycles. The van der Waals surface area contributed by atoms with Crippen molar-refractivity contribution < 1.29 is 24.2 Å². The van der Waals surface area contributed by atoms with Gasteiger partial charge in [-0.3, -0.25) is 9.59 Å². The number of carboxylic acids is 1. The predicted molar refractivity (Wildman–Crippen MR) is 79.3 cm³/mol. The van der Waals surface area contributed by atoms with Gasteiger partial charge in [0.2, 0.25) is 5.91 Å². The van der Waals surface area contributed by atoms with E-state index in [9.17, 15) is 14.4 Å². The molecular weight excluding hydrogens is 304 g/mol. The topological polar surface area (TPSA) is 141 Å². The summed E-state index contributed by atoms with van der Waals surface area (Å²) in [6.07, 6.45) is -0.509. The van der Waals surface area contributed by atoms with E-state index in [0.29, 0.717) is 0 Å². The number of carboxylic acid groups (broad SMARTS) is 1. The second kappa shape index (κ2) is 9.06. The standard InChI is InChI=1S/C14H16N4O5/c1-23-14(22)11(7-9-5-3-2-4-6-9)16-13(21)10(17-18-15)8-12(19)20/h2-6,10-11H,7-8H2,1H3,(H,16,21)(H,19,20)/t10-,11-/m0/s1. The van der Waals surface area contributed by atoms with E-state index in [4.69, 9.17) is 10.6 Å². The fraction of sp³-hybridized carbons (Fsp3) is 0.357. The van der Waals surface area contributed by atoms with E-state index in [-0.39, 0.29) is 6.42 Å². The van der Waals surface area contributed by atoms with Crippen LogP contribution < -0.4 is 5.32 Å². The molecule has 0 aromatic heterocycles. The quantitative estimate of drug-likeness (QED) is 0.318. The number of carbonyl (C=O) groups excluding carboxylic acids is 2. The Balaban J connectivity index is 2.86. The third kappa shape index (κ3) is 6.06. The largest absolute Gasteiger partial charge is 0.481 e. The number of aliphatic carboxylic acids is 1. The molecule has 0 heterocycles. The smallest absolute Gasteiger partial charge is 0.328 e. The molecule has 1 aromatic rings. The molecule has 0 aliphatic carbocycles. The number of hydrogen-bond acceptors (Lipinski definition) is 5. The fourth-order valence-corrected chi connectivity index (χ4v) is 1.87. The number of azide groups is 1. The summed E-state index contributed by atoms with van der Waals surface area (Å²) in [7, 11) is 1.18. The number of amides is 1. The molecule has 0 radical (unpaired) electrons. The van der Waals surface area contributed by atoms with Crippen molar-refractivity contribution in [2.24, 2.45) is 5.11 Å². The number of rotatable bonds is 8. The Morgan fingerprint density at radius 3 is 2.52 bits per heavy atom. The van der Waals surface area contributed by atoms with Crippen molar-refractivity contribution in [1.29, 1.82) is 0 Å². The van der Waals surface area contributed by atoms with Gasteiger partial charge in [0.1, 0.15) is 12.1 Å². The lowest BCUT2D eigenvalue weighted by molar-refractivity contribution is -0.145. The maximum absolute atomic E-state index is 12.0. The van der Waals surface area contributed by atoms with Gasteiger partial charge in [0.05, 0.1) is 13.5 Å². The molecule has 0 unspecified atom stereocenters. The van der Waals surface area contributed by atoms with Crippen molar-refractivity contribution in [2.75, 3.05) is 7.11 Å². The molecule has 0 spiro atoms. The first-order valence-electron chi connectivity index (χ1n) is 6.66. The van der Waals surface area contributed by atoms with Gasteiger partial charge >= 0.3 is 11.9 Å². The van der Waals surface area contributed by atoms with Gasteiger partial charge in [-0.1, -0.05) is 35.4 Å². The Bertz CT molecular complexity index is 613. The van der Waals surface area contributed by atoms with Gasteiger partial charge in [-0.15, -0.1) is 0 Å². The van der Waals surface area contributed by atoms with Crippen LogP contribution in [0, 0.1) is 0 Å². The molecule has 0 fully saturated rings. The van der Waals surface area contributed by atoms with Crippen molar-refractivity contribution in [1.82, 2.24) is 5.32 Å².